The molecule has 19 heteroatoms. The van der Waals surface area contributed by atoms with Crippen molar-refractivity contribution in [3.05, 3.63) is 24.6 Å². The number of allylic oxidation sites excluding steroid dienone is 1. The topological polar surface area (TPSA) is 225 Å². The second kappa shape index (κ2) is 8.77. The predicted molar refractivity (Wildman–Crippen MR) is 100 cm³/mol. The number of aliphatic hydroxyl groups is 2. The maximum Gasteiger partial charge on any atom is 0.488 e. The van der Waals surface area contributed by atoms with Crippen molar-refractivity contribution in [2.45, 2.75) is 31.0 Å². The zero-order valence-electron chi connectivity index (χ0n) is 15.0. The van der Waals surface area contributed by atoms with Crippen molar-refractivity contribution in [1.82, 2.24) is 10.2 Å². The van der Waals surface area contributed by atoms with Gasteiger partial charge in [-0.2, -0.15) is 4.31 Å². The van der Waals surface area contributed by atoms with Gasteiger partial charge < -0.3 is 44.4 Å². The van der Waals surface area contributed by atoms with E-state index in [0.717, 1.165) is 11.8 Å². The van der Waals surface area contributed by atoms with Crippen molar-refractivity contribution in [2.24, 2.45) is 0 Å². The van der Waals surface area contributed by atoms with Gasteiger partial charge in [-0.05, 0) is 24.8 Å². The molecule has 2 aliphatic heterocycles. The molecule has 2 heterocycles. The first-order chi connectivity index (χ1) is 13.4. The lowest BCUT2D eigenvalue weighted by Gasteiger charge is -2.35. The van der Waals surface area contributed by atoms with Crippen LogP contribution in [0.3, 0.4) is 0 Å². The molecule has 2 unspecified atom stereocenters. The van der Waals surface area contributed by atoms with Crippen molar-refractivity contribution in [1.29, 1.82) is 0 Å². The molecule has 6 atom stereocenters. The van der Waals surface area contributed by atoms with Gasteiger partial charge in [0.1, 0.15) is 17.8 Å². The van der Waals surface area contributed by atoms with Gasteiger partial charge in [0, 0.05) is 11.9 Å². The SMILES string of the molecule is C=C1C=CN([C@@H]2O[C@H](COP(O)(=S)OP(=O)(O)OP(=O)(O)O)[C@@H](O)[C@@]2(C)O)C(=O)N1. The maximum absolute atomic E-state index is 12.1. The summed E-state index contributed by atoms with van der Waals surface area (Å²) in [5.41, 5.74) is -1.75. The van der Waals surface area contributed by atoms with Gasteiger partial charge in [0.25, 0.3) is 0 Å². The summed E-state index contributed by atoms with van der Waals surface area (Å²) in [6.07, 6.45) is -1.86. The molecule has 0 aromatic rings. The summed E-state index contributed by atoms with van der Waals surface area (Å²) in [7, 11) is -11.0. The minimum atomic E-state index is -5.51. The standard InChI is InChI=1S/C11H19N2O13P3S/c1-6-3-4-13(10(15)12-6)9-11(2,16)8(14)7(24-9)5-23-29(22,30)26-28(20,21)25-27(17,18)19/h3-4,7-9,14,16H,1,5H2,2H3,(H,12,15)(H,20,21)(H,22,30)(H2,17,18,19)/t7-,8-,9-,11-,29?/m1/s1. The van der Waals surface area contributed by atoms with Crippen LogP contribution in [0.2, 0.25) is 0 Å². The number of carbonyl (C=O) groups excluding carboxylic acids is 1. The van der Waals surface area contributed by atoms with Gasteiger partial charge in [0.2, 0.25) is 0 Å². The minimum absolute atomic E-state index is 0.276. The van der Waals surface area contributed by atoms with E-state index in [1.807, 2.05) is 0 Å². The van der Waals surface area contributed by atoms with Crippen LogP contribution >= 0.6 is 22.4 Å². The molecule has 0 aromatic heterocycles. The Morgan fingerprint density at radius 1 is 1.33 bits per heavy atom. The lowest BCUT2D eigenvalue weighted by molar-refractivity contribution is -0.106. The quantitative estimate of drug-likeness (QED) is 0.201. The number of nitrogens with zero attached hydrogens (tertiary/aromatic N) is 1. The number of ether oxygens (including phenoxy) is 1. The van der Waals surface area contributed by atoms with Gasteiger partial charge in [-0.15, -0.1) is 0 Å². The molecular weight excluding hydrogens is 493 g/mol. The largest absolute Gasteiger partial charge is 0.488 e. The molecule has 1 saturated heterocycles. The Morgan fingerprint density at radius 3 is 2.47 bits per heavy atom. The number of rotatable bonds is 8. The smallest absolute Gasteiger partial charge is 0.387 e. The number of phosphoric acid groups is 2. The molecule has 15 nitrogen and oxygen atoms in total. The number of urea groups is 1. The average Bonchev–Trinajstić information content (AvgIpc) is 2.73. The number of hydrogen-bond donors (Lipinski definition) is 7. The Bertz CT molecular complexity index is 888. The molecule has 2 aliphatic rings. The molecule has 0 aliphatic carbocycles. The van der Waals surface area contributed by atoms with Gasteiger partial charge in [-0.3, -0.25) is 4.90 Å². The Labute approximate surface area is 174 Å². The highest BCUT2D eigenvalue weighted by molar-refractivity contribution is 8.08. The van der Waals surface area contributed by atoms with Gasteiger partial charge in [0.05, 0.1) is 6.61 Å². The first kappa shape index (κ1) is 25.7. The van der Waals surface area contributed by atoms with Crippen LogP contribution in [0.5, 0.6) is 0 Å². The van der Waals surface area contributed by atoms with E-state index in [0.29, 0.717) is 0 Å². The van der Waals surface area contributed by atoms with Crippen LogP contribution in [0, 0.1) is 0 Å². The van der Waals surface area contributed by atoms with Crippen LogP contribution in [0.25, 0.3) is 0 Å². The van der Waals surface area contributed by atoms with Crippen molar-refractivity contribution < 1.29 is 61.6 Å². The summed E-state index contributed by atoms with van der Waals surface area (Å²) in [5.74, 6) is 0. The second-order valence-corrected chi connectivity index (χ2v) is 12.1. The van der Waals surface area contributed by atoms with Crippen molar-refractivity contribution >= 4 is 40.2 Å². The van der Waals surface area contributed by atoms with E-state index < -0.39 is 59.0 Å². The first-order valence-electron chi connectivity index (χ1n) is 7.74. The highest BCUT2D eigenvalue weighted by Crippen LogP contribution is 2.66. The van der Waals surface area contributed by atoms with Gasteiger partial charge >= 0.3 is 28.4 Å². The van der Waals surface area contributed by atoms with Crippen LogP contribution < -0.4 is 5.32 Å². The molecule has 0 radical (unpaired) electrons. The number of carbonyl (C=O) groups is 1. The Kier molecular flexibility index (Phi) is 7.52. The number of amides is 2. The monoisotopic (exact) mass is 512 g/mol. The van der Waals surface area contributed by atoms with Crippen molar-refractivity contribution in [2.75, 3.05) is 6.61 Å². The molecule has 0 spiro atoms. The summed E-state index contributed by atoms with van der Waals surface area (Å²) in [4.78, 5) is 49.1. The van der Waals surface area contributed by atoms with Crippen molar-refractivity contribution in [3.63, 3.8) is 0 Å². The summed E-state index contributed by atoms with van der Waals surface area (Å²) in [6, 6.07) is -0.715. The lowest BCUT2D eigenvalue weighted by atomic mass is 9.96. The minimum Gasteiger partial charge on any atom is -0.387 e. The van der Waals surface area contributed by atoms with E-state index in [1.54, 1.807) is 0 Å². The molecule has 2 rings (SSSR count). The van der Waals surface area contributed by atoms with Crippen LogP contribution in [0.4, 0.5) is 4.79 Å². The summed E-state index contributed by atoms with van der Waals surface area (Å²) < 4.78 is 39.9. The van der Waals surface area contributed by atoms with E-state index in [4.69, 9.17) is 19.0 Å². The van der Waals surface area contributed by atoms with Gasteiger partial charge in [0.15, 0.2) is 6.23 Å². The molecule has 30 heavy (non-hydrogen) atoms. The Morgan fingerprint density at radius 2 is 1.93 bits per heavy atom. The van der Waals surface area contributed by atoms with E-state index in [9.17, 15) is 33.9 Å². The third kappa shape index (κ3) is 6.48. The summed E-state index contributed by atoms with van der Waals surface area (Å²) in [6.45, 7) is -0.744. The van der Waals surface area contributed by atoms with Crippen LogP contribution in [0.1, 0.15) is 6.92 Å². The molecule has 0 aromatic carbocycles. The average molecular weight is 512 g/mol. The fourth-order valence-corrected chi connectivity index (χ4v) is 6.49. The van der Waals surface area contributed by atoms with E-state index in [-0.39, 0.29) is 5.70 Å². The summed E-state index contributed by atoms with van der Waals surface area (Å²) >= 11 is 4.46. The third-order valence-electron chi connectivity index (χ3n) is 3.76. The van der Waals surface area contributed by atoms with E-state index in [2.05, 4.69) is 32.3 Å². The highest BCUT2D eigenvalue weighted by atomic mass is 32.5. The number of nitrogens with one attached hydrogen (secondary N) is 1. The lowest BCUT2D eigenvalue weighted by Crippen LogP contribution is -2.55. The molecule has 7 N–H and O–H groups in total. The molecule has 2 amide bonds. The fourth-order valence-electron chi connectivity index (χ4n) is 2.51. The third-order valence-corrected chi connectivity index (χ3v) is 8.48. The van der Waals surface area contributed by atoms with Gasteiger partial charge in [-0.25, -0.2) is 18.2 Å². The zero-order chi connectivity index (χ0) is 23.1. The normalized spacial score (nSPS) is 33.8. The van der Waals surface area contributed by atoms with Crippen LogP contribution in [-0.2, 0) is 38.8 Å². The van der Waals surface area contributed by atoms with E-state index in [1.165, 1.54) is 12.3 Å². The fraction of sp³-hybridized carbons (Fsp3) is 0.545. The number of aliphatic hydroxyl groups excluding tert-OH is 1. The Hall–Kier alpha value is -0.540. The number of hydrogen-bond acceptors (Lipinski definition) is 10. The highest BCUT2D eigenvalue weighted by Gasteiger charge is 2.56. The predicted octanol–water partition coefficient (Wildman–Crippen LogP) is -0.665. The first-order valence-corrected chi connectivity index (χ1v) is 13.4. The van der Waals surface area contributed by atoms with Crippen LogP contribution in [0.15, 0.2) is 24.6 Å². The Balaban J connectivity index is 2.07. The maximum atomic E-state index is 12.1. The molecule has 172 valence electrons. The molecule has 0 saturated carbocycles. The molecule has 1 fully saturated rings. The van der Waals surface area contributed by atoms with E-state index >= 15 is 0 Å². The molecule has 0 bridgehead atoms. The second-order valence-electron chi connectivity index (χ2n) is 6.26. The zero-order valence-corrected chi connectivity index (χ0v) is 18.5. The van der Waals surface area contributed by atoms with Crippen molar-refractivity contribution in [3.8, 4) is 0 Å². The van der Waals surface area contributed by atoms with Crippen LogP contribution in [-0.4, -0.2) is 71.4 Å². The molecular formula is C11H19N2O13P3S. The van der Waals surface area contributed by atoms with Gasteiger partial charge in [-0.1, -0.05) is 6.58 Å². The summed E-state index contributed by atoms with van der Waals surface area (Å²) in [5, 5.41) is 23.2.